The fraction of sp³-hybridized carbons (Fsp3) is 0.538. The Bertz CT molecular complexity index is 468. The second kappa shape index (κ2) is 6.55. The van der Waals surface area contributed by atoms with Gasteiger partial charge in [-0.3, -0.25) is 0 Å². The summed E-state index contributed by atoms with van der Waals surface area (Å²) in [4.78, 5) is 0.281. The van der Waals surface area contributed by atoms with Gasteiger partial charge in [0.15, 0.2) is 0 Å². The maximum atomic E-state index is 11.5. The Balaban J connectivity index is 2.72. The molecular weight excluding hydrogens is 270 g/mol. The van der Waals surface area contributed by atoms with Gasteiger partial charge < -0.3 is 0 Å². The van der Waals surface area contributed by atoms with E-state index in [1.165, 1.54) is 7.05 Å². The summed E-state index contributed by atoms with van der Waals surface area (Å²) in [5, 5.41) is 0.0942. The first kappa shape index (κ1) is 15.5. The Hall–Kier alpha value is -0.580. The second-order valence-corrected chi connectivity index (χ2v) is 7.29. The molecule has 0 amide bonds. The van der Waals surface area contributed by atoms with Gasteiger partial charge in [0.1, 0.15) is 0 Å². The lowest BCUT2D eigenvalue weighted by Gasteiger charge is -2.12. The van der Waals surface area contributed by atoms with E-state index in [2.05, 4.69) is 18.6 Å². The lowest BCUT2D eigenvalue weighted by Crippen LogP contribution is -2.18. The van der Waals surface area contributed by atoms with Crippen molar-refractivity contribution < 1.29 is 8.42 Å². The average Bonchev–Trinajstić information content (AvgIpc) is 2.28. The molecule has 0 radical (unpaired) electrons. The van der Waals surface area contributed by atoms with E-state index in [1.807, 2.05) is 12.1 Å². The molecule has 1 unspecified atom stereocenters. The molecule has 0 saturated heterocycles. The fourth-order valence-electron chi connectivity index (χ4n) is 1.77. The molecule has 0 aliphatic carbocycles. The van der Waals surface area contributed by atoms with Crippen molar-refractivity contribution in [2.75, 3.05) is 7.05 Å². The van der Waals surface area contributed by atoms with Crippen LogP contribution in [-0.2, 0) is 16.4 Å². The molecule has 5 heteroatoms. The topological polar surface area (TPSA) is 46.2 Å². The number of halogens is 1. The summed E-state index contributed by atoms with van der Waals surface area (Å²) in [6.07, 6.45) is 1.72. The van der Waals surface area contributed by atoms with Crippen molar-refractivity contribution in [1.82, 2.24) is 4.72 Å². The van der Waals surface area contributed by atoms with Crippen LogP contribution in [0.2, 0.25) is 0 Å². The van der Waals surface area contributed by atoms with Crippen LogP contribution in [0.3, 0.4) is 0 Å². The van der Waals surface area contributed by atoms with Crippen LogP contribution >= 0.6 is 11.6 Å². The number of hydrogen-bond donors (Lipinski definition) is 1. The van der Waals surface area contributed by atoms with Crippen molar-refractivity contribution in [3.63, 3.8) is 0 Å². The van der Waals surface area contributed by atoms with Crippen LogP contribution in [-0.4, -0.2) is 20.8 Å². The van der Waals surface area contributed by atoms with Gasteiger partial charge in [0.2, 0.25) is 10.0 Å². The Kier molecular flexibility index (Phi) is 5.63. The third-order valence-corrected chi connectivity index (χ3v) is 4.45. The molecule has 3 nitrogen and oxygen atoms in total. The Morgan fingerprint density at radius 2 is 1.78 bits per heavy atom. The van der Waals surface area contributed by atoms with E-state index in [0.29, 0.717) is 5.92 Å². The average molecular weight is 290 g/mol. The molecule has 0 bridgehead atoms. The van der Waals surface area contributed by atoms with Crippen LogP contribution < -0.4 is 4.72 Å². The van der Waals surface area contributed by atoms with Gasteiger partial charge in [-0.05, 0) is 43.5 Å². The molecule has 1 rings (SSSR count). The molecule has 0 aliphatic heterocycles. The number of hydrogen-bond acceptors (Lipinski definition) is 2. The number of rotatable bonds is 6. The van der Waals surface area contributed by atoms with Crippen molar-refractivity contribution in [2.24, 2.45) is 5.92 Å². The van der Waals surface area contributed by atoms with Crippen LogP contribution in [0.5, 0.6) is 0 Å². The lowest BCUT2D eigenvalue weighted by atomic mass is 10.0. The third kappa shape index (κ3) is 4.59. The lowest BCUT2D eigenvalue weighted by molar-refractivity contribution is 0.561. The molecule has 0 spiro atoms. The maximum absolute atomic E-state index is 11.5. The molecule has 1 aromatic carbocycles. The molecular formula is C13H20ClNO2S. The molecule has 102 valence electrons. The van der Waals surface area contributed by atoms with Crippen LogP contribution in [0.15, 0.2) is 29.2 Å². The summed E-state index contributed by atoms with van der Waals surface area (Å²) < 4.78 is 25.4. The van der Waals surface area contributed by atoms with E-state index in [-0.39, 0.29) is 10.3 Å². The van der Waals surface area contributed by atoms with E-state index in [1.54, 1.807) is 12.1 Å². The minimum atomic E-state index is -3.35. The Morgan fingerprint density at radius 3 is 2.22 bits per heavy atom. The highest BCUT2D eigenvalue weighted by atomic mass is 35.5. The summed E-state index contributed by atoms with van der Waals surface area (Å²) in [5.41, 5.74) is 1.06. The predicted molar refractivity (Wildman–Crippen MR) is 75.5 cm³/mol. The summed E-state index contributed by atoms with van der Waals surface area (Å²) in [7, 11) is -1.94. The van der Waals surface area contributed by atoms with Crippen LogP contribution in [0, 0.1) is 5.92 Å². The van der Waals surface area contributed by atoms with E-state index < -0.39 is 10.0 Å². The number of sulfonamides is 1. The van der Waals surface area contributed by atoms with Crippen LogP contribution in [0.1, 0.15) is 25.8 Å². The van der Waals surface area contributed by atoms with E-state index in [0.717, 1.165) is 18.4 Å². The van der Waals surface area contributed by atoms with Gasteiger partial charge in [-0.15, -0.1) is 11.6 Å². The standard InChI is InChI=1S/C13H20ClNO2S/c1-10(2)8-12(14)9-11-4-6-13(7-5-11)18(16,17)15-3/h4-7,10,12,15H,8-9H2,1-3H3. The summed E-state index contributed by atoms with van der Waals surface area (Å²) >= 11 is 6.24. The quantitative estimate of drug-likeness (QED) is 0.819. The Labute approximate surface area is 115 Å². The zero-order valence-electron chi connectivity index (χ0n) is 11.0. The monoisotopic (exact) mass is 289 g/mol. The normalized spacial score (nSPS) is 13.8. The van der Waals surface area contributed by atoms with E-state index in [4.69, 9.17) is 11.6 Å². The number of nitrogens with one attached hydrogen (secondary N) is 1. The van der Waals surface area contributed by atoms with E-state index >= 15 is 0 Å². The van der Waals surface area contributed by atoms with Crippen molar-refractivity contribution >= 4 is 21.6 Å². The zero-order chi connectivity index (χ0) is 13.8. The first-order valence-electron chi connectivity index (χ1n) is 6.01. The van der Waals surface area contributed by atoms with Gasteiger partial charge in [-0.25, -0.2) is 13.1 Å². The maximum Gasteiger partial charge on any atom is 0.240 e. The first-order chi connectivity index (χ1) is 8.35. The van der Waals surface area contributed by atoms with Gasteiger partial charge >= 0.3 is 0 Å². The summed E-state index contributed by atoms with van der Waals surface area (Å²) in [6.45, 7) is 4.27. The van der Waals surface area contributed by atoms with E-state index in [9.17, 15) is 8.42 Å². The Morgan fingerprint density at radius 1 is 1.22 bits per heavy atom. The molecule has 0 heterocycles. The van der Waals surface area contributed by atoms with Crippen LogP contribution in [0.4, 0.5) is 0 Å². The molecule has 0 aromatic heterocycles. The highest BCUT2D eigenvalue weighted by Crippen LogP contribution is 2.17. The smallest absolute Gasteiger partial charge is 0.214 e. The molecule has 1 aromatic rings. The number of benzene rings is 1. The van der Waals surface area contributed by atoms with Gasteiger partial charge in [-0.2, -0.15) is 0 Å². The van der Waals surface area contributed by atoms with Gasteiger partial charge in [0.05, 0.1) is 4.90 Å². The highest BCUT2D eigenvalue weighted by Gasteiger charge is 2.12. The first-order valence-corrected chi connectivity index (χ1v) is 7.93. The largest absolute Gasteiger partial charge is 0.240 e. The summed E-state index contributed by atoms with van der Waals surface area (Å²) in [5.74, 6) is 0.566. The summed E-state index contributed by atoms with van der Waals surface area (Å²) in [6, 6.07) is 6.86. The minimum Gasteiger partial charge on any atom is -0.214 e. The van der Waals surface area contributed by atoms with Crippen LogP contribution in [0.25, 0.3) is 0 Å². The second-order valence-electron chi connectivity index (χ2n) is 4.78. The number of alkyl halides is 1. The highest BCUT2D eigenvalue weighted by molar-refractivity contribution is 7.89. The van der Waals surface area contributed by atoms with Crippen molar-refractivity contribution in [1.29, 1.82) is 0 Å². The fourth-order valence-corrected chi connectivity index (χ4v) is 3.04. The minimum absolute atomic E-state index is 0.0942. The molecule has 1 atom stereocenters. The predicted octanol–water partition coefficient (Wildman–Crippen LogP) is 2.79. The van der Waals surface area contributed by atoms with Gasteiger partial charge in [0, 0.05) is 5.38 Å². The molecule has 0 aliphatic rings. The van der Waals surface area contributed by atoms with Gasteiger partial charge in [0.25, 0.3) is 0 Å². The molecule has 0 saturated carbocycles. The molecule has 0 fully saturated rings. The van der Waals surface area contributed by atoms with Crippen molar-refractivity contribution in [2.45, 2.75) is 37.0 Å². The SMILES string of the molecule is CNS(=O)(=O)c1ccc(CC(Cl)CC(C)C)cc1. The van der Waals surface area contributed by atoms with Crippen molar-refractivity contribution in [3.8, 4) is 0 Å². The zero-order valence-corrected chi connectivity index (χ0v) is 12.6. The van der Waals surface area contributed by atoms with Crippen molar-refractivity contribution in [3.05, 3.63) is 29.8 Å². The third-order valence-electron chi connectivity index (χ3n) is 2.69. The molecule has 1 N–H and O–H groups in total. The molecule has 18 heavy (non-hydrogen) atoms. The van der Waals surface area contributed by atoms with Gasteiger partial charge in [-0.1, -0.05) is 26.0 Å².